The van der Waals surface area contributed by atoms with Gasteiger partial charge in [-0.15, -0.1) is 0 Å². The van der Waals surface area contributed by atoms with Crippen LogP contribution in [0.3, 0.4) is 0 Å². The Bertz CT molecular complexity index is 306. The molecule has 96 valence electrons. The van der Waals surface area contributed by atoms with Gasteiger partial charge in [-0.2, -0.15) is 4.98 Å². The number of nitrogens with two attached hydrogens (primary N) is 1. The smallest absolute Gasteiger partial charge is 0.234 e. The zero-order valence-corrected chi connectivity index (χ0v) is 10.5. The van der Waals surface area contributed by atoms with E-state index in [4.69, 9.17) is 10.5 Å². The molecule has 5 heteroatoms. The summed E-state index contributed by atoms with van der Waals surface area (Å²) in [5.74, 6) is 1.34. The van der Waals surface area contributed by atoms with E-state index < -0.39 is 0 Å². The Morgan fingerprint density at radius 2 is 2.06 bits per heavy atom. The normalized spacial score (nSPS) is 10.2. The van der Waals surface area contributed by atoms with Gasteiger partial charge in [0.05, 0.1) is 19.0 Å². The molecule has 1 aromatic heterocycles. The van der Waals surface area contributed by atoms with Crippen LogP contribution in [0.15, 0.2) is 12.4 Å². The van der Waals surface area contributed by atoms with Crippen molar-refractivity contribution in [2.24, 2.45) is 5.73 Å². The summed E-state index contributed by atoms with van der Waals surface area (Å²) < 4.78 is 5.28. The number of unbranched alkanes of at least 4 members (excludes halogenated alkanes) is 3. The molecule has 0 spiro atoms. The summed E-state index contributed by atoms with van der Waals surface area (Å²) in [7, 11) is 0. The first-order valence-corrected chi connectivity index (χ1v) is 6.25. The fourth-order valence-corrected chi connectivity index (χ4v) is 1.49. The third kappa shape index (κ3) is 6.06. The van der Waals surface area contributed by atoms with E-state index in [-0.39, 0.29) is 0 Å². The Labute approximate surface area is 103 Å². The molecule has 17 heavy (non-hydrogen) atoms. The highest BCUT2D eigenvalue weighted by Gasteiger charge is 1.98. The van der Waals surface area contributed by atoms with Crippen LogP contribution in [0.2, 0.25) is 0 Å². The molecule has 0 saturated carbocycles. The number of nitrogens with zero attached hydrogens (tertiary/aromatic N) is 2. The molecule has 1 heterocycles. The van der Waals surface area contributed by atoms with Crippen LogP contribution in [0.5, 0.6) is 5.88 Å². The molecule has 0 aromatic carbocycles. The lowest BCUT2D eigenvalue weighted by molar-refractivity contribution is 0.325. The van der Waals surface area contributed by atoms with Crippen LogP contribution in [0.4, 0.5) is 5.82 Å². The van der Waals surface area contributed by atoms with Gasteiger partial charge in [0.1, 0.15) is 5.82 Å². The van der Waals surface area contributed by atoms with E-state index in [1.165, 1.54) is 12.8 Å². The summed E-state index contributed by atoms with van der Waals surface area (Å²) in [6.07, 6.45) is 7.96. The quantitative estimate of drug-likeness (QED) is 0.642. The third-order valence-corrected chi connectivity index (χ3v) is 2.34. The molecule has 0 fully saturated rings. The van der Waals surface area contributed by atoms with Crippen molar-refractivity contribution in [3.05, 3.63) is 12.4 Å². The summed E-state index contributed by atoms with van der Waals surface area (Å²) >= 11 is 0. The zero-order valence-electron chi connectivity index (χ0n) is 10.5. The van der Waals surface area contributed by atoms with Gasteiger partial charge >= 0.3 is 0 Å². The van der Waals surface area contributed by atoms with Crippen LogP contribution < -0.4 is 15.8 Å². The lowest BCUT2D eigenvalue weighted by atomic mass is 10.2. The first-order chi connectivity index (χ1) is 8.36. The molecular weight excluding hydrogens is 216 g/mol. The van der Waals surface area contributed by atoms with Gasteiger partial charge in [0.25, 0.3) is 0 Å². The number of hydrogen-bond donors (Lipinski definition) is 2. The van der Waals surface area contributed by atoms with Crippen molar-refractivity contribution in [1.82, 2.24) is 9.97 Å². The monoisotopic (exact) mass is 238 g/mol. The van der Waals surface area contributed by atoms with E-state index in [0.717, 1.165) is 31.7 Å². The van der Waals surface area contributed by atoms with Crippen LogP contribution in [0, 0.1) is 0 Å². The fourth-order valence-electron chi connectivity index (χ4n) is 1.49. The van der Waals surface area contributed by atoms with Gasteiger partial charge in [0, 0.05) is 6.54 Å². The van der Waals surface area contributed by atoms with Crippen molar-refractivity contribution >= 4 is 5.82 Å². The van der Waals surface area contributed by atoms with Crippen LogP contribution in [0.1, 0.15) is 32.6 Å². The predicted octanol–water partition coefficient (Wildman–Crippen LogP) is 1.81. The Balaban J connectivity index is 2.19. The third-order valence-electron chi connectivity index (χ3n) is 2.34. The predicted molar refractivity (Wildman–Crippen MR) is 69.2 cm³/mol. The van der Waals surface area contributed by atoms with E-state index in [2.05, 4.69) is 15.3 Å². The highest BCUT2D eigenvalue weighted by atomic mass is 16.5. The molecule has 0 aliphatic heterocycles. The first kappa shape index (κ1) is 13.7. The Hall–Kier alpha value is -1.36. The Morgan fingerprint density at radius 1 is 1.24 bits per heavy atom. The Kier molecular flexibility index (Phi) is 7.06. The van der Waals surface area contributed by atoms with Crippen molar-refractivity contribution in [2.75, 3.05) is 25.0 Å². The van der Waals surface area contributed by atoms with Crippen molar-refractivity contribution in [2.45, 2.75) is 32.6 Å². The van der Waals surface area contributed by atoms with Gasteiger partial charge in [-0.05, 0) is 26.3 Å². The number of rotatable bonds is 9. The van der Waals surface area contributed by atoms with E-state index in [1.54, 1.807) is 12.4 Å². The van der Waals surface area contributed by atoms with Crippen LogP contribution >= 0.6 is 0 Å². The van der Waals surface area contributed by atoms with Crippen molar-refractivity contribution in [3.8, 4) is 5.88 Å². The number of anilines is 1. The molecule has 0 bridgehead atoms. The second kappa shape index (κ2) is 8.75. The van der Waals surface area contributed by atoms with Gasteiger partial charge < -0.3 is 15.8 Å². The maximum atomic E-state index is 5.43. The lowest BCUT2D eigenvalue weighted by Crippen LogP contribution is -2.05. The molecule has 5 nitrogen and oxygen atoms in total. The fraction of sp³-hybridized carbons (Fsp3) is 0.667. The summed E-state index contributed by atoms with van der Waals surface area (Å²) in [6.45, 7) is 4.24. The zero-order chi connectivity index (χ0) is 12.3. The standard InChI is InChI=1S/C12H22N4O/c1-2-17-12-10-14-9-11(16-12)15-8-6-4-3-5-7-13/h9-10H,2-8,13H2,1H3,(H,15,16). The van der Waals surface area contributed by atoms with Crippen molar-refractivity contribution in [3.63, 3.8) is 0 Å². The molecule has 0 unspecified atom stereocenters. The summed E-state index contributed by atoms with van der Waals surface area (Å²) in [4.78, 5) is 8.35. The lowest BCUT2D eigenvalue weighted by Gasteiger charge is -2.06. The number of hydrogen-bond acceptors (Lipinski definition) is 5. The average molecular weight is 238 g/mol. The van der Waals surface area contributed by atoms with Crippen molar-refractivity contribution < 1.29 is 4.74 Å². The molecule has 0 saturated heterocycles. The number of aromatic nitrogens is 2. The number of ether oxygens (including phenoxy) is 1. The van der Waals surface area contributed by atoms with Crippen molar-refractivity contribution in [1.29, 1.82) is 0 Å². The van der Waals surface area contributed by atoms with Crippen LogP contribution in [-0.4, -0.2) is 29.7 Å². The van der Waals surface area contributed by atoms with Gasteiger partial charge in [0.2, 0.25) is 5.88 Å². The summed E-state index contributed by atoms with van der Waals surface area (Å²) in [5.41, 5.74) is 5.43. The molecule has 0 atom stereocenters. The minimum atomic E-state index is 0.570. The average Bonchev–Trinajstić information content (AvgIpc) is 2.35. The number of nitrogens with one attached hydrogen (secondary N) is 1. The molecule has 0 amide bonds. The maximum Gasteiger partial charge on any atom is 0.234 e. The van der Waals surface area contributed by atoms with E-state index in [0.29, 0.717) is 12.5 Å². The topological polar surface area (TPSA) is 73.1 Å². The molecule has 1 rings (SSSR count). The highest BCUT2D eigenvalue weighted by molar-refractivity contribution is 5.32. The Morgan fingerprint density at radius 3 is 2.82 bits per heavy atom. The second-order valence-corrected chi connectivity index (χ2v) is 3.81. The molecule has 1 aromatic rings. The summed E-state index contributed by atoms with van der Waals surface area (Å²) in [6, 6.07) is 0. The van der Waals surface area contributed by atoms with E-state index >= 15 is 0 Å². The molecular formula is C12H22N4O. The van der Waals surface area contributed by atoms with E-state index in [1.807, 2.05) is 6.92 Å². The summed E-state index contributed by atoms with van der Waals surface area (Å²) in [5, 5.41) is 3.24. The largest absolute Gasteiger partial charge is 0.477 e. The second-order valence-electron chi connectivity index (χ2n) is 3.81. The SMILES string of the molecule is CCOc1cncc(NCCCCCCN)n1. The first-order valence-electron chi connectivity index (χ1n) is 6.25. The van der Waals surface area contributed by atoms with Gasteiger partial charge in [-0.3, -0.25) is 4.98 Å². The molecule has 0 radical (unpaired) electrons. The van der Waals surface area contributed by atoms with E-state index in [9.17, 15) is 0 Å². The maximum absolute atomic E-state index is 5.43. The van der Waals surface area contributed by atoms with Crippen LogP contribution in [-0.2, 0) is 0 Å². The highest BCUT2D eigenvalue weighted by Crippen LogP contribution is 2.09. The van der Waals surface area contributed by atoms with Gasteiger partial charge in [-0.1, -0.05) is 12.8 Å². The minimum absolute atomic E-state index is 0.570. The minimum Gasteiger partial charge on any atom is -0.477 e. The van der Waals surface area contributed by atoms with Gasteiger partial charge in [-0.25, -0.2) is 0 Å². The molecule has 3 N–H and O–H groups in total. The molecule has 0 aliphatic carbocycles. The molecule has 0 aliphatic rings. The van der Waals surface area contributed by atoms with Crippen LogP contribution in [0.25, 0.3) is 0 Å². The van der Waals surface area contributed by atoms with Gasteiger partial charge in [0.15, 0.2) is 0 Å².